The normalized spacial score (nSPS) is 11.6. The number of carbonyl (C=O) groups is 2. The van der Waals surface area contributed by atoms with Crippen LogP contribution in [0, 0.1) is 6.92 Å². The number of hydrogen-bond donors (Lipinski definition) is 2. The zero-order valence-corrected chi connectivity index (χ0v) is 24.2. The molecule has 0 aliphatic rings. The van der Waals surface area contributed by atoms with Crippen molar-refractivity contribution in [3.63, 3.8) is 0 Å². The Morgan fingerprint density at radius 3 is 2.23 bits per heavy atom. The van der Waals surface area contributed by atoms with Crippen molar-refractivity contribution in [1.29, 1.82) is 0 Å². The molecule has 0 fully saturated rings. The fourth-order valence-electron chi connectivity index (χ4n) is 4.63. The minimum Gasteiger partial charge on any atom is -0.480 e. The Kier molecular flexibility index (Phi) is 10.3. The fraction of sp³-hybridized carbons (Fsp3) is 0.212. The maximum atomic E-state index is 13.5. The molecule has 0 radical (unpaired) electrons. The molecule has 0 heterocycles. The highest BCUT2D eigenvalue weighted by Crippen LogP contribution is 2.30. The van der Waals surface area contributed by atoms with Gasteiger partial charge in [0.05, 0.1) is 0 Å². The highest BCUT2D eigenvalue weighted by molar-refractivity contribution is 7.98. The van der Waals surface area contributed by atoms with Crippen molar-refractivity contribution >= 4 is 40.9 Å². The van der Waals surface area contributed by atoms with Gasteiger partial charge in [0.15, 0.2) is 0 Å². The third-order valence-electron chi connectivity index (χ3n) is 6.76. The van der Waals surface area contributed by atoms with Crippen LogP contribution in [0.2, 0.25) is 5.02 Å². The van der Waals surface area contributed by atoms with Crippen molar-refractivity contribution in [3.05, 3.63) is 124 Å². The number of rotatable bonds is 12. The van der Waals surface area contributed by atoms with Crippen LogP contribution >= 0.6 is 23.4 Å². The number of carboxylic acids is 1. The van der Waals surface area contributed by atoms with E-state index in [9.17, 15) is 14.7 Å². The second-order valence-corrected chi connectivity index (χ2v) is 11.1. The lowest BCUT2D eigenvalue weighted by Crippen LogP contribution is -2.41. The molecular formula is C33H33ClN2O3S. The van der Waals surface area contributed by atoms with Crippen LogP contribution in [-0.4, -0.2) is 35.0 Å². The van der Waals surface area contributed by atoms with Gasteiger partial charge in [-0.1, -0.05) is 72.3 Å². The first-order chi connectivity index (χ1) is 19.4. The Bertz CT molecular complexity index is 1440. The molecule has 0 aliphatic heterocycles. The molecule has 0 unspecified atom stereocenters. The lowest BCUT2D eigenvalue weighted by atomic mass is 9.93. The number of anilines is 1. The number of amides is 1. The van der Waals surface area contributed by atoms with E-state index in [0.717, 1.165) is 27.9 Å². The van der Waals surface area contributed by atoms with Crippen molar-refractivity contribution in [3.8, 4) is 11.1 Å². The number of thioether (sulfide) groups is 1. The van der Waals surface area contributed by atoms with Crippen LogP contribution in [0.25, 0.3) is 11.1 Å². The van der Waals surface area contributed by atoms with Crippen LogP contribution in [-0.2, 0) is 17.9 Å². The van der Waals surface area contributed by atoms with E-state index in [4.69, 9.17) is 11.6 Å². The molecule has 5 nitrogen and oxygen atoms in total. The molecular weight excluding hydrogens is 540 g/mol. The summed E-state index contributed by atoms with van der Waals surface area (Å²) in [7, 11) is 0. The molecule has 0 saturated heterocycles. The minimum absolute atomic E-state index is 0.357. The molecule has 1 atom stereocenters. The average Bonchev–Trinajstić information content (AvgIpc) is 2.96. The van der Waals surface area contributed by atoms with E-state index in [1.54, 1.807) is 11.8 Å². The van der Waals surface area contributed by atoms with E-state index in [0.29, 0.717) is 35.8 Å². The van der Waals surface area contributed by atoms with Crippen LogP contribution in [0.1, 0.15) is 33.5 Å². The smallest absolute Gasteiger partial charge is 0.326 e. The Hall–Kier alpha value is -3.74. The predicted octanol–water partition coefficient (Wildman–Crippen LogP) is 7.46. The first kappa shape index (κ1) is 29.2. The summed E-state index contributed by atoms with van der Waals surface area (Å²) in [6.45, 7) is 3.31. The molecule has 1 amide bonds. The van der Waals surface area contributed by atoms with Crippen molar-refractivity contribution in [2.75, 3.05) is 16.9 Å². The number of carbonyl (C=O) groups excluding carboxylic acids is 1. The first-order valence-electron chi connectivity index (χ1n) is 13.1. The summed E-state index contributed by atoms with van der Waals surface area (Å²) in [6.07, 6.45) is 2.27. The molecule has 0 aliphatic carbocycles. The van der Waals surface area contributed by atoms with Crippen LogP contribution < -0.4 is 10.2 Å². The molecule has 0 saturated carbocycles. The molecule has 0 spiro atoms. The monoisotopic (exact) mass is 572 g/mol. The molecule has 40 heavy (non-hydrogen) atoms. The number of aryl methyl sites for hydroxylation is 1. The van der Waals surface area contributed by atoms with Gasteiger partial charge in [0.2, 0.25) is 0 Å². The van der Waals surface area contributed by atoms with Crippen LogP contribution in [0.15, 0.2) is 97.1 Å². The number of benzene rings is 4. The third-order valence-corrected chi connectivity index (χ3v) is 7.66. The highest BCUT2D eigenvalue weighted by Gasteiger charge is 2.23. The second-order valence-electron chi connectivity index (χ2n) is 9.66. The molecule has 2 N–H and O–H groups in total. The second kappa shape index (κ2) is 14.1. The van der Waals surface area contributed by atoms with Gasteiger partial charge < -0.3 is 15.3 Å². The van der Waals surface area contributed by atoms with Crippen molar-refractivity contribution in [2.45, 2.75) is 32.5 Å². The molecule has 4 rings (SSSR count). The average molecular weight is 573 g/mol. The van der Waals surface area contributed by atoms with Crippen molar-refractivity contribution < 1.29 is 14.7 Å². The van der Waals surface area contributed by atoms with Gasteiger partial charge in [-0.2, -0.15) is 11.8 Å². The summed E-state index contributed by atoms with van der Waals surface area (Å²) < 4.78 is 0. The first-order valence-corrected chi connectivity index (χ1v) is 14.9. The quantitative estimate of drug-likeness (QED) is 0.184. The van der Waals surface area contributed by atoms with Gasteiger partial charge in [0, 0.05) is 29.4 Å². The van der Waals surface area contributed by atoms with Gasteiger partial charge in [-0.25, -0.2) is 4.79 Å². The van der Waals surface area contributed by atoms with Gasteiger partial charge in [0.1, 0.15) is 6.04 Å². The van der Waals surface area contributed by atoms with Crippen LogP contribution in [0.5, 0.6) is 0 Å². The highest BCUT2D eigenvalue weighted by atomic mass is 35.5. The van der Waals surface area contributed by atoms with Gasteiger partial charge in [-0.15, -0.1) is 0 Å². The van der Waals surface area contributed by atoms with E-state index in [-0.39, 0.29) is 0 Å². The lowest BCUT2D eigenvalue weighted by molar-refractivity contribution is -0.139. The third kappa shape index (κ3) is 7.68. The van der Waals surface area contributed by atoms with Gasteiger partial charge >= 0.3 is 5.97 Å². The number of nitrogens with zero attached hydrogens (tertiary/aromatic N) is 1. The summed E-state index contributed by atoms with van der Waals surface area (Å²) in [5.74, 6) is -0.781. The number of nitrogens with one attached hydrogen (secondary N) is 1. The summed E-state index contributed by atoms with van der Waals surface area (Å²) in [5, 5.41) is 13.1. The predicted molar refractivity (Wildman–Crippen MR) is 166 cm³/mol. The Balaban J connectivity index is 1.71. The van der Waals surface area contributed by atoms with E-state index in [1.807, 2.05) is 98.1 Å². The summed E-state index contributed by atoms with van der Waals surface area (Å²) in [6, 6.07) is 30.8. The lowest BCUT2D eigenvalue weighted by Gasteiger charge is -2.26. The summed E-state index contributed by atoms with van der Waals surface area (Å²) >= 11 is 7.73. The zero-order valence-electron chi connectivity index (χ0n) is 22.6. The standard InChI is InChI=1S/C33H33ClN2O3S/c1-23-8-6-7-11-28(23)30-20-25(12-17-29(30)32(37)35-31(33(38)39)18-19-40-2)22-36(21-24-9-4-3-5-10-24)27-15-13-26(34)14-16-27/h3-17,20,31H,18-19,21-22H2,1-2H3,(H,35,37)(H,38,39)/t31-/m0/s1. The van der Waals surface area contributed by atoms with Crippen LogP contribution in [0.4, 0.5) is 5.69 Å². The molecule has 4 aromatic rings. The minimum atomic E-state index is -1.03. The Morgan fingerprint density at radius 2 is 1.55 bits per heavy atom. The molecule has 0 bridgehead atoms. The molecule has 206 valence electrons. The summed E-state index contributed by atoms with van der Waals surface area (Å²) in [5.41, 5.74) is 6.43. The Labute approximate surface area is 245 Å². The molecule has 4 aromatic carbocycles. The van der Waals surface area contributed by atoms with Crippen LogP contribution in [0.3, 0.4) is 0 Å². The Morgan fingerprint density at radius 1 is 0.875 bits per heavy atom. The number of carboxylic acid groups (broad SMARTS) is 1. The largest absolute Gasteiger partial charge is 0.480 e. The van der Waals surface area contributed by atoms with Gasteiger partial charge in [-0.05, 0) is 89.6 Å². The van der Waals surface area contributed by atoms with E-state index < -0.39 is 17.9 Å². The maximum Gasteiger partial charge on any atom is 0.326 e. The molecule has 0 aromatic heterocycles. The SMILES string of the molecule is CSCC[C@H](NC(=O)c1ccc(CN(Cc2ccccc2)c2ccc(Cl)cc2)cc1-c1ccccc1C)C(=O)O. The van der Waals surface area contributed by atoms with E-state index >= 15 is 0 Å². The van der Waals surface area contributed by atoms with Crippen molar-refractivity contribution in [2.24, 2.45) is 0 Å². The van der Waals surface area contributed by atoms with Crippen molar-refractivity contribution in [1.82, 2.24) is 5.32 Å². The zero-order chi connectivity index (χ0) is 28.5. The van der Waals surface area contributed by atoms with E-state index in [1.165, 1.54) is 5.56 Å². The topological polar surface area (TPSA) is 69.6 Å². The fourth-order valence-corrected chi connectivity index (χ4v) is 5.23. The van der Waals surface area contributed by atoms with Gasteiger partial charge in [-0.3, -0.25) is 4.79 Å². The number of halogens is 1. The van der Waals surface area contributed by atoms with E-state index in [2.05, 4.69) is 22.3 Å². The number of aliphatic carboxylic acids is 1. The van der Waals surface area contributed by atoms with Gasteiger partial charge in [0.25, 0.3) is 5.91 Å². The maximum absolute atomic E-state index is 13.5. The summed E-state index contributed by atoms with van der Waals surface area (Å²) in [4.78, 5) is 27.5. The molecule has 7 heteroatoms. The number of hydrogen-bond acceptors (Lipinski definition) is 4.